The van der Waals surface area contributed by atoms with Crippen LogP contribution in [0.4, 0.5) is 22.0 Å². The fraction of sp³-hybridized carbons (Fsp3) is 0.158. The maximum Gasteiger partial charge on any atom is 0.194 e. The highest BCUT2D eigenvalue weighted by molar-refractivity contribution is 5.83. The van der Waals surface area contributed by atoms with Gasteiger partial charge in [-0.25, -0.2) is 22.0 Å². The lowest BCUT2D eigenvalue weighted by Crippen LogP contribution is -1.94. The molecule has 0 aliphatic heterocycles. The monoisotopic (exact) mass is 338 g/mol. The van der Waals surface area contributed by atoms with Gasteiger partial charge < -0.3 is 0 Å². The van der Waals surface area contributed by atoms with Crippen molar-refractivity contribution in [2.24, 2.45) is 0 Å². The molecule has 0 aromatic heterocycles. The topological polar surface area (TPSA) is 0 Å². The van der Waals surface area contributed by atoms with Crippen LogP contribution >= 0.6 is 0 Å². The third-order valence-electron chi connectivity index (χ3n) is 3.47. The third kappa shape index (κ3) is 4.10. The van der Waals surface area contributed by atoms with Crippen LogP contribution in [0.15, 0.2) is 48.6 Å². The molecule has 0 saturated carbocycles. The Hall–Kier alpha value is -2.43. The molecule has 24 heavy (non-hydrogen) atoms. The summed E-state index contributed by atoms with van der Waals surface area (Å²) in [6.07, 6.45) is 5.50. The van der Waals surface area contributed by atoms with E-state index in [4.69, 9.17) is 0 Å². The van der Waals surface area contributed by atoms with Gasteiger partial charge in [-0.05, 0) is 37.5 Å². The molecule has 0 N–H and O–H groups in total. The van der Waals surface area contributed by atoms with Crippen LogP contribution in [0, 0.1) is 17.5 Å². The highest BCUT2D eigenvalue weighted by Gasteiger charge is 2.17. The predicted molar refractivity (Wildman–Crippen MR) is 84.9 cm³/mol. The summed E-state index contributed by atoms with van der Waals surface area (Å²) in [5.41, 5.74) is 0.192. The Labute approximate surface area is 136 Å². The van der Waals surface area contributed by atoms with Gasteiger partial charge in [0.25, 0.3) is 0 Å². The maximum atomic E-state index is 14.2. The SMILES string of the molecule is C/C=C/CCc1ccc(C(F)=C(F)c2cc(F)c(F)c(F)c2)cc1. The zero-order valence-electron chi connectivity index (χ0n) is 12.9. The fourth-order valence-electron chi connectivity index (χ4n) is 2.17. The molecule has 2 aromatic carbocycles. The molecular formula is C19H15F5. The predicted octanol–water partition coefficient (Wildman–Crippen LogP) is 6.38. The molecule has 0 saturated heterocycles. The molecule has 0 fully saturated rings. The van der Waals surface area contributed by atoms with Crippen molar-refractivity contribution in [3.63, 3.8) is 0 Å². The van der Waals surface area contributed by atoms with E-state index in [2.05, 4.69) is 0 Å². The van der Waals surface area contributed by atoms with Crippen molar-refractivity contribution in [1.29, 1.82) is 0 Å². The molecule has 5 heteroatoms. The van der Waals surface area contributed by atoms with Crippen molar-refractivity contribution >= 4 is 11.7 Å². The molecule has 0 aliphatic rings. The summed E-state index contributed by atoms with van der Waals surface area (Å²) in [5, 5.41) is 0. The Balaban J connectivity index is 2.28. The van der Waals surface area contributed by atoms with E-state index in [-0.39, 0.29) is 5.56 Å². The molecule has 0 spiro atoms. The van der Waals surface area contributed by atoms with Crippen LogP contribution in [0.5, 0.6) is 0 Å². The van der Waals surface area contributed by atoms with Gasteiger partial charge in [-0.1, -0.05) is 36.4 Å². The van der Waals surface area contributed by atoms with Gasteiger partial charge in [0.2, 0.25) is 0 Å². The Morgan fingerprint density at radius 3 is 1.96 bits per heavy atom. The van der Waals surface area contributed by atoms with Gasteiger partial charge >= 0.3 is 0 Å². The summed E-state index contributed by atoms with van der Waals surface area (Å²) < 4.78 is 67.4. The van der Waals surface area contributed by atoms with Gasteiger partial charge in [0, 0.05) is 11.1 Å². The van der Waals surface area contributed by atoms with E-state index in [1.165, 1.54) is 12.1 Å². The van der Waals surface area contributed by atoms with Crippen molar-refractivity contribution in [2.75, 3.05) is 0 Å². The lowest BCUT2D eigenvalue weighted by Gasteiger charge is -2.05. The van der Waals surface area contributed by atoms with Crippen molar-refractivity contribution in [2.45, 2.75) is 19.8 Å². The van der Waals surface area contributed by atoms with Crippen molar-refractivity contribution in [1.82, 2.24) is 0 Å². The molecule has 0 bridgehead atoms. The van der Waals surface area contributed by atoms with E-state index in [1.807, 2.05) is 19.1 Å². The van der Waals surface area contributed by atoms with Crippen molar-refractivity contribution in [3.05, 3.63) is 82.7 Å². The Bertz CT molecular complexity index is 750. The van der Waals surface area contributed by atoms with Gasteiger partial charge in [-0.15, -0.1) is 0 Å². The lowest BCUT2D eigenvalue weighted by atomic mass is 10.0. The normalized spacial score (nSPS) is 12.6. The summed E-state index contributed by atoms with van der Waals surface area (Å²) in [6, 6.07) is 6.90. The van der Waals surface area contributed by atoms with Crippen LogP contribution in [-0.4, -0.2) is 0 Å². The number of aryl methyl sites for hydroxylation is 1. The van der Waals surface area contributed by atoms with Crippen molar-refractivity contribution in [3.8, 4) is 0 Å². The van der Waals surface area contributed by atoms with Gasteiger partial charge in [-0.3, -0.25) is 0 Å². The van der Waals surface area contributed by atoms with Crippen LogP contribution in [0.2, 0.25) is 0 Å². The number of hydrogen-bond acceptors (Lipinski definition) is 0. The molecule has 0 radical (unpaired) electrons. The van der Waals surface area contributed by atoms with Gasteiger partial charge in [0.05, 0.1) is 0 Å². The maximum absolute atomic E-state index is 14.2. The molecule has 0 nitrogen and oxygen atoms in total. The Morgan fingerprint density at radius 2 is 1.42 bits per heavy atom. The quantitative estimate of drug-likeness (QED) is 0.257. The summed E-state index contributed by atoms with van der Waals surface area (Å²) in [5.74, 6) is -7.59. The average Bonchev–Trinajstić information content (AvgIpc) is 2.59. The first-order valence-corrected chi connectivity index (χ1v) is 7.34. The fourth-order valence-corrected chi connectivity index (χ4v) is 2.17. The number of rotatable bonds is 5. The highest BCUT2D eigenvalue weighted by atomic mass is 19.2. The molecule has 126 valence electrons. The summed E-state index contributed by atoms with van der Waals surface area (Å²) >= 11 is 0. The third-order valence-corrected chi connectivity index (χ3v) is 3.47. The number of halogens is 5. The van der Waals surface area contributed by atoms with E-state index in [1.54, 1.807) is 12.1 Å². The molecule has 2 rings (SSSR count). The lowest BCUT2D eigenvalue weighted by molar-refractivity contribution is 0.446. The second-order valence-corrected chi connectivity index (χ2v) is 5.19. The minimum absolute atomic E-state index is 0.0626. The first-order chi connectivity index (χ1) is 11.4. The second-order valence-electron chi connectivity index (χ2n) is 5.19. The van der Waals surface area contributed by atoms with Crippen LogP contribution in [-0.2, 0) is 6.42 Å². The molecule has 0 heterocycles. The number of hydrogen-bond donors (Lipinski definition) is 0. The standard InChI is InChI=1S/C19H15F5/c1-2-3-4-5-12-6-8-13(9-7-12)17(22)18(23)14-10-15(20)19(24)16(21)11-14/h2-3,6-11H,4-5H2,1H3/b3-2+,18-17?. The molecule has 0 unspecified atom stereocenters. The van der Waals surface area contributed by atoms with Gasteiger partial charge in [-0.2, -0.15) is 0 Å². The molecule has 2 aromatic rings. The van der Waals surface area contributed by atoms with E-state index in [9.17, 15) is 22.0 Å². The van der Waals surface area contributed by atoms with Gasteiger partial charge in [0.1, 0.15) is 0 Å². The van der Waals surface area contributed by atoms with E-state index in [0.29, 0.717) is 12.1 Å². The molecule has 0 aliphatic carbocycles. The van der Waals surface area contributed by atoms with Crippen molar-refractivity contribution < 1.29 is 22.0 Å². The van der Waals surface area contributed by atoms with Crippen LogP contribution in [0.3, 0.4) is 0 Å². The second kappa shape index (κ2) is 7.90. The van der Waals surface area contributed by atoms with E-state index < -0.39 is 34.7 Å². The first kappa shape index (κ1) is 17.9. The largest absolute Gasteiger partial charge is 0.204 e. The zero-order chi connectivity index (χ0) is 17.7. The van der Waals surface area contributed by atoms with E-state index in [0.717, 1.165) is 18.4 Å². The van der Waals surface area contributed by atoms with Crippen LogP contribution < -0.4 is 0 Å². The summed E-state index contributed by atoms with van der Waals surface area (Å²) in [6.45, 7) is 1.91. The summed E-state index contributed by atoms with van der Waals surface area (Å²) in [7, 11) is 0. The zero-order valence-corrected chi connectivity index (χ0v) is 12.9. The summed E-state index contributed by atoms with van der Waals surface area (Å²) in [4.78, 5) is 0. The average molecular weight is 338 g/mol. The molecule has 0 amide bonds. The number of benzene rings is 2. The minimum Gasteiger partial charge on any atom is -0.204 e. The Morgan fingerprint density at radius 1 is 0.875 bits per heavy atom. The van der Waals surface area contributed by atoms with Gasteiger partial charge in [0.15, 0.2) is 29.1 Å². The first-order valence-electron chi connectivity index (χ1n) is 7.34. The van der Waals surface area contributed by atoms with E-state index >= 15 is 0 Å². The van der Waals surface area contributed by atoms with Crippen LogP contribution in [0.25, 0.3) is 11.7 Å². The smallest absolute Gasteiger partial charge is 0.194 e. The highest BCUT2D eigenvalue weighted by Crippen LogP contribution is 2.30. The minimum atomic E-state index is -1.72. The number of allylic oxidation sites excluding steroid dienone is 2. The molecule has 0 atom stereocenters. The Kier molecular flexibility index (Phi) is 5.90. The molecular weight excluding hydrogens is 323 g/mol. The van der Waals surface area contributed by atoms with Crippen LogP contribution in [0.1, 0.15) is 30.0 Å².